The van der Waals surface area contributed by atoms with Gasteiger partial charge in [0, 0.05) is 31.6 Å². The number of carbonyl (C=O) groups excluding carboxylic acids is 2. The van der Waals surface area contributed by atoms with Gasteiger partial charge in [0.1, 0.15) is 0 Å². The quantitative estimate of drug-likeness (QED) is 0.806. The second-order valence-electron chi connectivity index (χ2n) is 8.37. The first-order valence-electron chi connectivity index (χ1n) is 9.94. The summed E-state index contributed by atoms with van der Waals surface area (Å²) in [5.41, 5.74) is 0. The molecule has 2 aliphatic heterocycles. The Hall–Kier alpha value is -1.10. The summed E-state index contributed by atoms with van der Waals surface area (Å²) in [6, 6.07) is 1.14. The predicted octanol–water partition coefficient (Wildman–Crippen LogP) is 1.77. The van der Waals surface area contributed by atoms with Crippen LogP contribution in [-0.2, 0) is 9.59 Å². The Bertz CT molecular complexity index is 489. The zero-order valence-corrected chi connectivity index (χ0v) is 14.9. The second kappa shape index (κ2) is 6.66. The van der Waals surface area contributed by atoms with Crippen LogP contribution in [0.3, 0.4) is 0 Å². The maximum atomic E-state index is 12.6. The van der Waals surface area contributed by atoms with Crippen LogP contribution >= 0.6 is 0 Å². The minimum Gasteiger partial charge on any atom is -0.352 e. The molecule has 2 unspecified atom stereocenters. The molecule has 0 aromatic carbocycles. The maximum absolute atomic E-state index is 12.6. The van der Waals surface area contributed by atoms with E-state index >= 15 is 0 Å². The van der Waals surface area contributed by atoms with E-state index in [1.807, 2.05) is 4.90 Å². The third kappa shape index (κ3) is 3.46. The molecule has 2 saturated carbocycles. The fraction of sp³-hybridized carbons (Fsp3) is 0.895. The van der Waals surface area contributed by atoms with Crippen molar-refractivity contribution >= 4 is 11.8 Å². The number of likely N-dealkylation sites (tertiary alicyclic amines) is 2. The molecule has 2 atom stereocenters. The van der Waals surface area contributed by atoms with Crippen LogP contribution < -0.4 is 5.32 Å². The summed E-state index contributed by atoms with van der Waals surface area (Å²) in [6.45, 7) is 4.09. The summed E-state index contributed by atoms with van der Waals surface area (Å²) in [5.74, 6) is 1.90. The Morgan fingerprint density at radius 2 is 1.58 bits per heavy atom. The van der Waals surface area contributed by atoms with E-state index in [-0.39, 0.29) is 11.8 Å². The van der Waals surface area contributed by atoms with E-state index < -0.39 is 0 Å². The standard InChI is InChI=1S/C19H31N3O2/c1-13(23)22-11-3-5-17(22)16-4-2-10-21(16)12-18(24)20-19(14-6-7-14)15-8-9-15/h14-17,19H,2-12H2,1H3,(H,20,24). The van der Waals surface area contributed by atoms with Gasteiger partial charge in [-0.05, 0) is 69.7 Å². The van der Waals surface area contributed by atoms with Gasteiger partial charge in [0.05, 0.1) is 6.54 Å². The van der Waals surface area contributed by atoms with Crippen molar-refractivity contribution in [3.63, 3.8) is 0 Å². The Morgan fingerprint density at radius 1 is 0.958 bits per heavy atom. The highest BCUT2D eigenvalue weighted by molar-refractivity contribution is 5.78. The SMILES string of the molecule is CC(=O)N1CCCC1C1CCCN1CC(=O)NC(C1CC1)C1CC1. The van der Waals surface area contributed by atoms with Crippen LogP contribution in [-0.4, -0.2) is 59.4 Å². The Kier molecular flexibility index (Phi) is 4.54. The van der Waals surface area contributed by atoms with E-state index in [1.165, 1.54) is 25.7 Å². The molecule has 4 rings (SSSR count). The van der Waals surface area contributed by atoms with E-state index in [9.17, 15) is 9.59 Å². The highest BCUT2D eigenvalue weighted by Gasteiger charge is 2.43. The molecular weight excluding hydrogens is 302 g/mol. The Balaban J connectivity index is 1.34. The summed E-state index contributed by atoms with van der Waals surface area (Å²) < 4.78 is 0. The molecule has 24 heavy (non-hydrogen) atoms. The molecule has 2 saturated heterocycles. The van der Waals surface area contributed by atoms with Gasteiger partial charge < -0.3 is 10.2 Å². The van der Waals surface area contributed by atoms with Crippen molar-refractivity contribution in [1.29, 1.82) is 0 Å². The zero-order chi connectivity index (χ0) is 16.7. The van der Waals surface area contributed by atoms with Gasteiger partial charge in [-0.2, -0.15) is 0 Å². The van der Waals surface area contributed by atoms with Crippen LogP contribution in [0.25, 0.3) is 0 Å². The summed E-state index contributed by atoms with van der Waals surface area (Å²) >= 11 is 0. The fourth-order valence-electron chi connectivity index (χ4n) is 5.01. The topological polar surface area (TPSA) is 52.7 Å². The van der Waals surface area contributed by atoms with E-state index in [2.05, 4.69) is 10.2 Å². The third-order valence-electron chi connectivity index (χ3n) is 6.50. The van der Waals surface area contributed by atoms with Crippen molar-refractivity contribution in [2.75, 3.05) is 19.6 Å². The normalized spacial score (nSPS) is 31.0. The molecular formula is C19H31N3O2. The van der Waals surface area contributed by atoms with Gasteiger partial charge in [0.2, 0.25) is 11.8 Å². The Morgan fingerprint density at radius 3 is 2.21 bits per heavy atom. The molecule has 5 heteroatoms. The Labute approximate surface area is 145 Å². The van der Waals surface area contributed by atoms with Crippen LogP contribution in [0.2, 0.25) is 0 Å². The van der Waals surface area contributed by atoms with Gasteiger partial charge in [0.25, 0.3) is 0 Å². The van der Waals surface area contributed by atoms with Gasteiger partial charge in [-0.15, -0.1) is 0 Å². The first-order valence-corrected chi connectivity index (χ1v) is 9.94. The number of amides is 2. The van der Waals surface area contributed by atoms with Crippen molar-refractivity contribution in [2.24, 2.45) is 11.8 Å². The van der Waals surface area contributed by atoms with Crippen molar-refractivity contribution in [3.05, 3.63) is 0 Å². The van der Waals surface area contributed by atoms with Gasteiger partial charge in [-0.3, -0.25) is 14.5 Å². The number of rotatable bonds is 6. The number of nitrogens with zero attached hydrogens (tertiary/aromatic N) is 2. The molecule has 1 N–H and O–H groups in total. The lowest BCUT2D eigenvalue weighted by molar-refractivity contribution is -0.130. The van der Waals surface area contributed by atoms with Gasteiger partial charge in [-0.25, -0.2) is 0 Å². The molecule has 5 nitrogen and oxygen atoms in total. The summed E-state index contributed by atoms with van der Waals surface area (Å²) in [5, 5.41) is 3.35. The second-order valence-corrected chi connectivity index (χ2v) is 8.37. The van der Waals surface area contributed by atoms with Crippen LogP contribution in [0.15, 0.2) is 0 Å². The summed E-state index contributed by atoms with van der Waals surface area (Å²) in [7, 11) is 0. The number of hydrogen-bond donors (Lipinski definition) is 1. The minimum atomic E-state index is 0.191. The molecule has 134 valence electrons. The van der Waals surface area contributed by atoms with Gasteiger partial charge >= 0.3 is 0 Å². The molecule has 0 radical (unpaired) electrons. The van der Waals surface area contributed by atoms with Crippen LogP contribution in [0.4, 0.5) is 0 Å². The molecule has 0 spiro atoms. The van der Waals surface area contributed by atoms with Crippen LogP contribution in [0, 0.1) is 11.8 Å². The lowest BCUT2D eigenvalue weighted by Crippen LogP contribution is -2.51. The van der Waals surface area contributed by atoms with E-state index in [4.69, 9.17) is 0 Å². The van der Waals surface area contributed by atoms with E-state index in [1.54, 1.807) is 6.92 Å². The van der Waals surface area contributed by atoms with Crippen LogP contribution in [0.5, 0.6) is 0 Å². The van der Waals surface area contributed by atoms with Gasteiger partial charge in [-0.1, -0.05) is 0 Å². The molecule has 0 aromatic heterocycles. The number of carbonyl (C=O) groups is 2. The fourth-order valence-corrected chi connectivity index (χ4v) is 5.01. The maximum Gasteiger partial charge on any atom is 0.234 e. The first kappa shape index (κ1) is 16.4. The monoisotopic (exact) mass is 333 g/mol. The largest absolute Gasteiger partial charge is 0.352 e. The molecule has 4 aliphatic rings. The molecule has 2 heterocycles. The number of hydrogen-bond acceptors (Lipinski definition) is 3. The highest BCUT2D eigenvalue weighted by Crippen LogP contribution is 2.44. The third-order valence-corrected chi connectivity index (χ3v) is 6.50. The van der Waals surface area contributed by atoms with Gasteiger partial charge in [0.15, 0.2) is 0 Å². The highest BCUT2D eigenvalue weighted by atomic mass is 16.2. The zero-order valence-electron chi connectivity index (χ0n) is 14.9. The molecule has 4 fully saturated rings. The van der Waals surface area contributed by atoms with Crippen molar-refractivity contribution < 1.29 is 9.59 Å². The average Bonchev–Trinajstić information content (AvgIpc) is 3.46. The summed E-state index contributed by atoms with van der Waals surface area (Å²) in [4.78, 5) is 28.9. The number of nitrogens with one attached hydrogen (secondary N) is 1. The molecule has 0 bridgehead atoms. The lowest BCUT2D eigenvalue weighted by Gasteiger charge is -2.34. The van der Waals surface area contributed by atoms with Crippen molar-refractivity contribution in [1.82, 2.24) is 15.1 Å². The summed E-state index contributed by atoms with van der Waals surface area (Å²) in [6.07, 6.45) is 9.65. The smallest absolute Gasteiger partial charge is 0.234 e. The van der Waals surface area contributed by atoms with Crippen molar-refractivity contribution in [3.8, 4) is 0 Å². The van der Waals surface area contributed by atoms with E-state index in [0.717, 1.165) is 50.6 Å². The average molecular weight is 333 g/mol. The molecule has 2 aliphatic carbocycles. The first-order chi connectivity index (χ1) is 11.6. The molecule has 0 aromatic rings. The van der Waals surface area contributed by atoms with E-state index in [0.29, 0.717) is 24.7 Å². The lowest BCUT2D eigenvalue weighted by atomic mass is 10.0. The minimum absolute atomic E-state index is 0.191. The molecule has 2 amide bonds. The predicted molar refractivity (Wildman–Crippen MR) is 92.4 cm³/mol. The van der Waals surface area contributed by atoms with Crippen molar-refractivity contribution in [2.45, 2.75) is 76.4 Å². The van der Waals surface area contributed by atoms with Crippen LogP contribution in [0.1, 0.15) is 58.3 Å².